The van der Waals surface area contributed by atoms with E-state index in [1.54, 1.807) is 66.7 Å². The number of benzene rings is 4. The van der Waals surface area contributed by atoms with Crippen LogP contribution in [0.4, 0.5) is 15.3 Å². The number of Topliss-reactive ketones (excluding diaryl/α,β-unsaturated/α-hetero) is 1. The Morgan fingerprint density at radius 1 is 0.766 bits per heavy atom. The maximum Gasteiger partial charge on any atom is 0.410 e. The van der Waals surface area contributed by atoms with Crippen LogP contribution in [0.15, 0.2) is 120 Å². The molecule has 2 bridgehead atoms. The average Bonchev–Trinajstić information content (AvgIpc) is 0.670. The molecule has 9 rings (SSSR count). The summed E-state index contributed by atoms with van der Waals surface area (Å²) >= 11 is 0. The summed E-state index contributed by atoms with van der Waals surface area (Å²) < 4.78 is 53.3. The Bertz CT molecular complexity index is 3570. The minimum Gasteiger partial charge on any atom is -0.479 e. The van der Waals surface area contributed by atoms with Crippen LogP contribution < -0.4 is 15.8 Å². The highest BCUT2D eigenvalue weighted by molar-refractivity contribution is 5.96. The van der Waals surface area contributed by atoms with Gasteiger partial charge in [-0.1, -0.05) is 86.6 Å². The van der Waals surface area contributed by atoms with Gasteiger partial charge in [-0.25, -0.2) is 24.0 Å². The summed E-state index contributed by atoms with van der Waals surface area (Å²) in [5, 5.41) is 69.3. The number of rotatable bonds is 19. The predicted octanol–water partition coefficient (Wildman–Crippen LogP) is 2.93. The first-order chi connectivity index (χ1) is 44.4. The Balaban J connectivity index is 1.02. The van der Waals surface area contributed by atoms with Crippen LogP contribution in [0.25, 0.3) is 0 Å². The van der Waals surface area contributed by atoms with Crippen LogP contribution in [0, 0.1) is 16.7 Å². The molecule has 2 heterocycles. The second kappa shape index (κ2) is 27.5. The SMILES string of the molecule is CC(=O)O[C@H]1C(=O)[C@@]2(C)[C@H]([C@H](OC(=O)c3ccccc3)[C@]3(O)C[C@H](OC(=O)[C@H](OC(=O)N(C)CCN(C)C(=O)OCc4ccc(O[C@@H]5O[C@H](C(=O)O)[C@@H](O)[C@H](O)[C@H]5O)c(N)c4)[C@@H](NC(=O)c4ccccc4)c4ccccc4)C(C)=C1C3(C)C)[C@]1(OC(C)=O)CO[C@@H]1C[C@@H]2O. The number of aliphatic hydroxyl groups excluding tert-OH is 4. The van der Waals surface area contributed by atoms with Crippen molar-refractivity contribution in [2.75, 3.05) is 39.5 Å². The standard InChI is InChI=1S/C66H76N4O24/c1-33-42(30-66(85)55(93-58(81)39-22-16-11-17-23-39)53-64(6,43(73)29-44-65(53,32-87-44)94-35(3)72)54(77)50(88-34(2)71)45(33)63(66,4)5)89-59(82)51(46(37-18-12-9-13-19-37)68-56(78)38-20-14-10-15-21-38)92-62(84)70(8)27-26-69(7)61(83)86-31-36-24-25-41(40(67)28-36)90-60-49(76)47(74)48(75)52(91-60)57(79)80/h9-25,28,42-44,46-53,55,60,73-76,85H,26-27,29-32,67H2,1-8H3,(H,68,78)(H,79,80)/t42-,43-,44+,46-,47-,48-,49+,50+,51+,52-,53-,55-,60+,64+,65-,66+/m0/s1. The van der Waals surface area contributed by atoms with Gasteiger partial charge in [0.2, 0.25) is 12.4 Å². The predicted molar refractivity (Wildman–Crippen MR) is 323 cm³/mol. The number of nitrogen functional groups attached to an aromatic ring is 1. The fourth-order valence-electron chi connectivity index (χ4n) is 13.3. The van der Waals surface area contributed by atoms with Gasteiger partial charge in [-0.05, 0) is 72.5 Å². The molecule has 2 saturated carbocycles. The number of esters is 4. The number of nitrogens with one attached hydrogen (secondary N) is 1. The van der Waals surface area contributed by atoms with Gasteiger partial charge in [0.05, 0.1) is 35.3 Å². The Morgan fingerprint density at radius 3 is 1.95 bits per heavy atom. The molecule has 94 heavy (non-hydrogen) atoms. The number of likely N-dealkylation sites (N-methyl/N-ethyl adjacent to an activating group) is 2. The van der Waals surface area contributed by atoms with Gasteiger partial charge in [0.15, 0.2) is 23.6 Å². The van der Waals surface area contributed by atoms with Crippen molar-refractivity contribution in [3.63, 3.8) is 0 Å². The smallest absolute Gasteiger partial charge is 0.410 e. The van der Waals surface area contributed by atoms with E-state index in [2.05, 4.69) is 5.32 Å². The van der Waals surface area contributed by atoms with Crippen LogP contribution in [-0.2, 0) is 68.5 Å². The number of aliphatic carboxylic acids is 1. The molecular weight excluding hydrogens is 1230 g/mol. The Hall–Kier alpha value is -9.03. The Morgan fingerprint density at radius 2 is 1.37 bits per heavy atom. The molecule has 4 fully saturated rings. The van der Waals surface area contributed by atoms with Gasteiger partial charge in [-0.3, -0.25) is 19.2 Å². The molecule has 3 amide bonds. The van der Waals surface area contributed by atoms with Crippen LogP contribution in [0.1, 0.15) is 92.3 Å². The lowest BCUT2D eigenvalue weighted by Crippen LogP contribution is -2.82. The van der Waals surface area contributed by atoms with Crippen molar-refractivity contribution in [2.24, 2.45) is 16.7 Å². The van der Waals surface area contributed by atoms with Crippen molar-refractivity contribution in [1.82, 2.24) is 15.1 Å². The summed E-state index contributed by atoms with van der Waals surface area (Å²) in [5.74, 6) is -9.27. The summed E-state index contributed by atoms with van der Waals surface area (Å²) in [4.78, 5) is 129. The number of aliphatic hydroxyl groups is 5. The maximum absolute atomic E-state index is 15.9. The van der Waals surface area contributed by atoms with Crippen molar-refractivity contribution in [1.29, 1.82) is 0 Å². The zero-order valence-corrected chi connectivity index (χ0v) is 52.6. The molecule has 9 N–H and O–H groups in total. The maximum atomic E-state index is 15.9. The molecule has 28 nitrogen and oxygen atoms in total. The van der Waals surface area contributed by atoms with Crippen molar-refractivity contribution in [2.45, 2.75) is 146 Å². The molecule has 28 heteroatoms. The Kier molecular flexibility index (Phi) is 20.3. The first-order valence-corrected chi connectivity index (χ1v) is 30.1. The van der Waals surface area contributed by atoms with Crippen LogP contribution >= 0.6 is 0 Å². The van der Waals surface area contributed by atoms with E-state index in [1.165, 1.54) is 84.3 Å². The van der Waals surface area contributed by atoms with Gasteiger partial charge >= 0.3 is 42.0 Å². The number of carboxylic acid groups (broad SMARTS) is 1. The molecule has 504 valence electrons. The fourth-order valence-corrected chi connectivity index (χ4v) is 13.3. The minimum atomic E-state index is -2.57. The highest BCUT2D eigenvalue weighted by atomic mass is 16.7. The van der Waals surface area contributed by atoms with Gasteiger partial charge in [0, 0.05) is 64.9 Å². The number of ketones is 1. The zero-order chi connectivity index (χ0) is 68.5. The number of fused-ring (bicyclic) bond motifs is 5. The molecule has 2 saturated heterocycles. The third-order valence-corrected chi connectivity index (χ3v) is 18.6. The second-order valence-electron chi connectivity index (χ2n) is 24.8. The number of nitrogens with zero attached hydrogens (tertiary/aromatic N) is 2. The topological polar surface area (TPSA) is 403 Å². The summed E-state index contributed by atoms with van der Waals surface area (Å²) in [6.45, 7) is 6.73. The van der Waals surface area contributed by atoms with Gasteiger partial charge < -0.3 is 94.1 Å². The first kappa shape index (κ1) is 69.3. The lowest BCUT2D eigenvalue weighted by Gasteiger charge is -2.67. The number of amides is 3. The first-order valence-electron chi connectivity index (χ1n) is 30.1. The van der Waals surface area contributed by atoms with E-state index < -0.39 is 168 Å². The van der Waals surface area contributed by atoms with E-state index in [1.807, 2.05) is 0 Å². The van der Waals surface area contributed by atoms with E-state index in [0.717, 1.165) is 23.6 Å². The molecule has 16 atom stereocenters. The molecule has 2 aliphatic heterocycles. The van der Waals surface area contributed by atoms with Gasteiger partial charge in [0.25, 0.3) is 5.91 Å². The van der Waals surface area contributed by atoms with Crippen LogP contribution in [0.5, 0.6) is 5.75 Å². The van der Waals surface area contributed by atoms with Gasteiger partial charge in [0.1, 0.15) is 60.6 Å². The summed E-state index contributed by atoms with van der Waals surface area (Å²) in [6.07, 6.45) is -23.1. The van der Waals surface area contributed by atoms with Crippen molar-refractivity contribution in [3.05, 3.63) is 143 Å². The van der Waals surface area contributed by atoms with Crippen molar-refractivity contribution in [3.8, 4) is 5.75 Å². The third-order valence-electron chi connectivity index (χ3n) is 18.6. The molecule has 0 unspecified atom stereocenters. The Labute approximate surface area is 539 Å². The van der Waals surface area contributed by atoms with E-state index in [-0.39, 0.29) is 65.4 Å². The van der Waals surface area contributed by atoms with E-state index in [4.69, 9.17) is 48.4 Å². The third kappa shape index (κ3) is 13.3. The monoisotopic (exact) mass is 1310 g/mol. The molecule has 3 aliphatic carbocycles. The second-order valence-corrected chi connectivity index (χ2v) is 24.8. The molecule has 4 aromatic rings. The number of hydrogen-bond donors (Lipinski definition) is 8. The number of nitrogens with two attached hydrogens (primary N) is 1. The highest BCUT2D eigenvalue weighted by Crippen LogP contribution is 2.64. The fraction of sp³-hybridized carbons (Fsp3) is 0.470. The number of carboxylic acids is 1. The lowest BCUT2D eigenvalue weighted by molar-refractivity contribution is -0.346. The summed E-state index contributed by atoms with van der Waals surface area (Å²) in [6, 6.07) is 26.0. The average molecular weight is 1310 g/mol. The van der Waals surface area contributed by atoms with E-state index in [0.29, 0.717) is 5.56 Å². The van der Waals surface area contributed by atoms with Crippen LogP contribution in [-0.4, -0.2) is 206 Å². The summed E-state index contributed by atoms with van der Waals surface area (Å²) in [7, 11) is 2.65. The number of carbonyl (C=O) groups is 9. The zero-order valence-electron chi connectivity index (χ0n) is 52.6. The van der Waals surface area contributed by atoms with E-state index >= 15 is 9.59 Å². The molecule has 5 aliphatic rings. The normalized spacial score (nSPS) is 29.7. The number of ether oxygens (including phenoxy) is 9. The number of carbonyl (C=O) groups excluding carboxylic acids is 8. The molecule has 0 spiro atoms. The molecular formula is C66H76N4O24. The van der Waals surface area contributed by atoms with Crippen molar-refractivity contribution < 1.29 is 116 Å². The highest BCUT2D eigenvalue weighted by Gasteiger charge is 2.78. The quantitative estimate of drug-likeness (QED) is 0.0289. The largest absolute Gasteiger partial charge is 0.479 e. The van der Waals surface area contributed by atoms with Crippen LogP contribution in [0.3, 0.4) is 0 Å². The van der Waals surface area contributed by atoms with Gasteiger partial charge in [-0.15, -0.1) is 0 Å². The summed E-state index contributed by atoms with van der Waals surface area (Å²) in [5.41, 5.74) is -1.75. The van der Waals surface area contributed by atoms with E-state index in [9.17, 15) is 64.2 Å². The minimum absolute atomic E-state index is 0.00642. The van der Waals surface area contributed by atoms with Gasteiger partial charge in [-0.2, -0.15) is 0 Å². The van der Waals surface area contributed by atoms with Crippen LogP contribution in [0.2, 0.25) is 0 Å². The number of anilines is 1. The molecule has 4 aromatic carbocycles. The lowest BCUT2D eigenvalue weighted by atomic mass is 9.44. The number of hydrogen-bond acceptors (Lipinski definition) is 24. The molecule has 0 aromatic heterocycles. The van der Waals surface area contributed by atoms with Crippen molar-refractivity contribution >= 4 is 59.4 Å². The molecule has 0 radical (unpaired) electrons.